The molecule has 7 rings (SSSR count). The molecule has 44 heavy (non-hydrogen) atoms. The Morgan fingerprint density at radius 2 is 1.86 bits per heavy atom. The fraction of sp³-hybridized carbons (Fsp3) is 0.455. The van der Waals surface area contributed by atoms with Crippen LogP contribution in [0, 0.1) is 5.92 Å². The van der Waals surface area contributed by atoms with Gasteiger partial charge < -0.3 is 25.3 Å². The Morgan fingerprint density at radius 3 is 2.61 bits per heavy atom. The molecule has 4 heterocycles. The summed E-state index contributed by atoms with van der Waals surface area (Å²) >= 11 is 0. The fourth-order valence-corrected chi connectivity index (χ4v) is 7.59. The van der Waals surface area contributed by atoms with Crippen molar-refractivity contribution in [3.63, 3.8) is 0 Å². The molecule has 0 bridgehead atoms. The maximum atomic E-state index is 14.2. The summed E-state index contributed by atoms with van der Waals surface area (Å²) in [5.41, 5.74) is 7.95. The van der Waals surface area contributed by atoms with Gasteiger partial charge in [0.15, 0.2) is 5.65 Å². The molecule has 1 aliphatic heterocycles. The highest BCUT2D eigenvalue weighted by atomic mass is 16.5. The van der Waals surface area contributed by atoms with Gasteiger partial charge in [0.1, 0.15) is 23.3 Å². The van der Waals surface area contributed by atoms with Crippen molar-refractivity contribution >= 4 is 27.8 Å². The van der Waals surface area contributed by atoms with Crippen LogP contribution < -0.4 is 11.1 Å². The minimum absolute atomic E-state index is 0.124. The van der Waals surface area contributed by atoms with Gasteiger partial charge in [-0.3, -0.25) is 14.8 Å². The molecule has 2 unspecified atom stereocenters. The summed E-state index contributed by atoms with van der Waals surface area (Å²) in [4.78, 5) is 27.7. The monoisotopic (exact) mass is 595 g/mol. The number of carbonyl (C=O) groups is 1. The molecule has 1 aromatic carbocycles. The molecule has 3 aromatic heterocycles. The van der Waals surface area contributed by atoms with Gasteiger partial charge in [0, 0.05) is 56.4 Å². The van der Waals surface area contributed by atoms with Crippen LogP contribution in [0.15, 0.2) is 66.8 Å². The smallest absolute Gasteiger partial charge is 0.268 e. The predicted molar refractivity (Wildman–Crippen MR) is 170 cm³/mol. The summed E-state index contributed by atoms with van der Waals surface area (Å²) in [7, 11) is 5.79. The van der Waals surface area contributed by atoms with Crippen LogP contribution in [-0.2, 0) is 17.3 Å². The van der Waals surface area contributed by atoms with E-state index in [0.29, 0.717) is 28.8 Å². The second-order valence-electron chi connectivity index (χ2n) is 12.7. The number of nitrogens with two attached hydrogens (primary N) is 1. The number of H-pyrrole nitrogens is 1. The van der Waals surface area contributed by atoms with Crippen molar-refractivity contribution in [2.45, 2.75) is 42.8 Å². The van der Waals surface area contributed by atoms with Crippen LogP contribution in [0.25, 0.3) is 21.9 Å². The minimum atomic E-state index is -1.06. The van der Waals surface area contributed by atoms with E-state index in [2.05, 4.69) is 48.4 Å². The molecule has 4 aromatic rings. The number of para-hydroxylation sites is 1. The molecule has 2 aliphatic carbocycles. The van der Waals surface area contributed by atoms with E-state index in [4.69, 9.17) is 10.5 Å². The molecule has 4 N–H and O–H groups in total. The molecule has 11 heteroatoms. The Balaban J connectivity index is 1.24. The number of nitrogens with zero attached hydrogens (tertiary/aromatic N) is 6. The molecular weight excluding hydrogens is 554 g/mol. The van der Waals surface area contributed by atoms with Gasteiger partial charge in [0.05, 0.1) is 23.7 Å². The Hall–Kier alpha value is -4.06. The summed E-state index contributed by atoms with van der Waals surface area (Å²) in [6, 6.07) is 10.6. The largest absolute Gasteiger partial charge is 0.498 e. The number of rotatable bonds is 6. The second kappa shape index (κ2) is 11.1. The Morgan fingerprint density at radius 1 is 1.09 bits per heavy atom. The van der Waals surface area contributed by atoms with Gasteiger partial charge in [-0.2, -0.15) is 5.10 Å². The van der Waals surface area contributed by atoms with E-state index in [1.807, 2.05) is 54.1 Å². The van der Waals surface area contributed by atoms with E-state index < -0.39 is 11.1 Å². The lowest BCUT2D eigenvalue weighted by Crippen LogP contribution is -2.59. The van der Waals surface area contributed by atoms with E-state index in [9.17, 15) is 4.79 Å². The van der Waals surface area contributed by atoms with Crippen LogP contribution in [0.2, 0.25) is 0 Å². The first-order chi connectivity index (χ1) is 21.3. The van der Waals surface area contributed by atoms with Crippen LogP contribution >= 0.6 is 0 Å². The summed E-state index contributed by atoms with van der Waals surface area (Å²) in [6.45, 7) is 4.43. The topological polar surface area (TPSA) is 130 Å². The number of likely N-dealkylation sites (N-methyl/N-ethyl adjacent to an activating group) is 1. The van der Waals surface area contributed by atoms with Crippen LogP contribution in [-0.4, -0.2) is 92.4 Å². The molecule has 230 valence electrons. The number of hydrogen-bond acceptors (Lipinski definition) is 8. The van der Waals surface area contributed by atoms with Crippen molar-refractivity contribution in [2.24, 2.45) is 18.7 Å². The highest BCUT2D eigenvalue weighted by Crippen LogP contribution is 2.44. The van der Waals surface area contributed by atoms with E-state index in [0.717, 1.165) is 68.2 Å². The Kier molecular flexibility index (Phi) is 7.26. The van der Waals surface area contributed by atoms with Crippen molar-refractivity contribution in [1.29, 1.82) is 0 Å². The van der Waals surface area contributed by atoms with Crippen LogP contribution in [0.5, 0.6) is 0 Å². The number of aryl methyl sites for hydroxylation is 1. The molecule has 0 radical (unpaired) electrons. The molecule has 0 spiro atoms. The van der Waals surface area contributed by atoms with E-state index >= 15 is 0 Å². The number of hydrogen-bond donors (Lipinski definition) is 3. The fourth-order valence-electron chi connectivity index (χ4n) is 7.59. The van der Waals surface area contributed by atoms with Crippen LogP contribution in [0.1, 0.15) is 41.9 Å². The molecule has 2 atom stereocenters. The lowest BCUT2D eigenvalue weighted by Gasteiger charge is -2.48. The molecule has 2 fully saturated rings. The zero-order valence-electron chi connectivity index (χ0n) is 25.7. The van der Waals surface area contributed by atoms with Crippen molar-refractivity contribution < 1.29 is 9.53 Å². The van der Waals surface area contributed by atoms with Gasteiger partial charge in [-0.05, 0) is 56.9 Å². The van der Waals surface area contributed by atoms with Gasteiger partial charge in [-0.15, -0.1) is 0 Å². The van der Waals surface area contributed by atoms with Crippen molar-refractivity contribution in [2.75, 3.05) is 40.3 Å². The van der Waals surface area contributed by atoms with Crippen molar-refractivity contribution in [3.05, 3.63) is 78.2 Å². The first-order valence-corrected chi connectivity index (χ1v) is 15.5. The molecule has 3 aliphatic rings. The predicted octanol–water partition coefficient (Wildman–Crippen LogP) is 3.07. The Labute approximate surface area is 257 Å². The van der Waals surface area contributed by atoms with E-state index in [-0.39, 0.29) is 11.8 Å². The Bertz CT molecular complexity index is 1740. The maximum absolute atomic E-state index is 14.2. The number of aromatic nitrogens is 5. The van der Waals surface area contributed by atoms with Gasteiger partial charge >= 0.3 is 0 Å². The van der Waals surface area contributed by atoms with Crippen LogP contribution in [0.4, 0.5) is 0 Å². The van der Waals surface area contributed by atoms with E-state index in [1.165, 1.54) is 6.33 Å². The van der Waals surface area contributed by atoms with Crippen molar-refractivity contribution in [1.82, 2.24) is 39.8 Å². The molecule has 1 saturated heterocycles. The molecular formula is C33H41N9O2. The van der Waals surface area contributed by atoms with Gasteiger partial charge in [-0.25, -0.2) is 9.97 Å². The SMILES string of the molecule is COC1=CC(N)(c2[nH]nc3ncncc23)C=CC1(NC(=O)c1cc2ccccc2n1C)C1CCC(N2CCN(C)CC2)CC1. The summed E-state index contributed by atoms with van der Waals surface area (Å²) in [5.74, 6) is 0.596. The molecule has 1 saturated carbocycles. The number of methoxy groups -OCH3 is 1. The zero-order valence-corrected chi connectivity index (χ0v) is 25.7. The zero-order chi connectivity index (χ0) is 30.5. The number of fused-ring (bicyclic) bond motifs is 2. The second-order valence-corrected chi connectivity index (χ2v) is 12.7. The number of carbonyl (C=O) groups excluding carboxylic acids is 1. The summed E-state index contributed by atoms with van der Waals surface area (Å²) in [5, 5.41) is 12.7. The summed E-state index contributed by atoms with van der Waals surface area (Å²) in [6.07, 6.45) is 13.2. The van der Waals surface area contributed by atoms with Crippen LogP contribution in [0.3, 0.4) is 0 Å². The number of benzene rings is 1. The minimum Gasteiger partial charge on any atom is -0.498 e. The third-order valence-electron chi connectivity index (χ3n) is 10.2. The lowest BCUT2D eigenvalue weighted by atomic mass is 9.68. The maximum Gasteiger partial charge on any atom is 0.268 e. The molecule has 11 nitrogen and oxygen atoms in total. The average molecular weight is 596 g/mol. The first-order valence-electron chi connectivity index (χ1n) is 15.5. The third-order valence-corrected chi connectivity index (χ3v) is 10.2. The highest BCUT2D eigenvalue weighted by Gasteiger charge is 2.49. The van der Waals surface area contributed by atoms with E-state index in [1.54, 1.807) is 13.3 Å². The standard InChI is InChI=1S/C33H41N9O2/c1-40-14-16-42(17-15-40)24-10-8-23(9-11-24)33(37-31(43)27-18-22-6-4-5-7-26(22)41(27)2)13-12-32(34,19-28(33)44-3)29-25-20-35-21-36-30(25)39-38-29/h4-7,12-13,18-21,23-24H,8-11,14-17,34H2,1-3H3,(H,37,43)(H,35,36,38,39). The van der Waals surface area contributed by atoms with Gasteiger partial charge in [0.2, 0.25) is 0 Å². The number of aromatic amines is 1. The average Bonchev–Trinajstić information content (AvgIpc) is 3.64. The number of piperazine rings is 1. The third kappa shape index (κ3) is 4.79. The van der Waals surface area contributed by atoms with Crippen molar-refractivity contribution in [3.8, 4) is 0 Å². The molecule has 1 amide bonds. The number of amides is 1. The van der Waals surface area contributed by atoms with Gasteiger partial charge in [0.25, 0.3) is 5.91 Å². The quantitative estimate of drug-likeness (QED) is 0.290. The number of nitrogens with one attached hydrogen (secondary N) is 2. The first kappa shape index (κ1) is 28.7. The lowest BCUT2D eigenvalue weighted by molar-refractivity contribution is 0.0588. The normalized spacial score (nSPS) is 28.3. The van der Waals surface area contributed by atoms with Gasteiger partial charge in [-0.1, -0.05) is 30.4 Å². The number of ether oxygens (including phenoxy) is 1. The highest BCUT2D eigenvalue weighted by molar-refractivity contribution is 5.99. The summed E-state index contributed by atoms with van der Waals surface area (Å²) < 4.78 is 8.13.